The number of H-pyrrole nitrogens is 1. The molecule has 5 heteroatoms. The molecule has 1 unspecified atom stereocenters. The molecule has 0 radical (unpaired) electrons. The Labute approximate surface area is 107 Å². The molecule has 0 fully saturated rings. The minimum absolute atomic E-state index is 0. The van der Waals surface area contributed by atoms with Gasteiger partial charge in [-0.3, -0.25) is 5.10 Å². The highest BCUT2D eigenvalue weighted by atomic mass is 35.5. The van der Waals surface area contributed by atoms with Gasteiger partial charge in [0, 0.05) is 12.1 Å². The second kappa shape index (κ2) is 6.40. The van der Waals surface area contributed by atoms with Gasteiger partial charge in [0.1, 0.15) is 0 Å². The van der Waals surface area contributed by atoms with Crippen molar-refractivity contribution in [2.24, 2.45) is 0 Å². The Balaban J connectivity index is 0.00000112. The fourth-order valence-corrected chi connectivity index (χ4v) is 1.56. The van der Waals surface area contributed by atoms with Gasteiger partial charge in [0.05, 0.1) is 11.4 Å². The number of nitrogens with two attached hydrogens (primary N) is 1. The van der Waals surface area contributed by atoms with Crippen LogP contribution >= 0.6 is 24.8 Å². The van der Waals surface area contributed by atoms with E-state index in [1.807, 2.05) is 18.2 Å². The lowest BCUT2D eigenvalue weighted by Gasteiger charge is -2.09. The topological polar surface area (TPSA) is 54.7 Å². The molecule has 0 bridgehead atoms. The molecule has 0 aliphatic rings. The number of nitrogens with one attached hydrogen (secondary N) is 1. The monoisotopic (exact) mass is 259 g/mol. The molecule has 3 N–H and O–H groups in total. The molecule has 3 nitrogen and oxygen atoms in total. The second-order valence-electron chi connectivity index (χ2n) is 3.36. The Morgan fingerprint density at radius 1 is 1.19 bits per heavy atom. The first-order chi connectivity index (χ1) is 6.79. The molecule has 2 rings (SSSR count). The minimum atomic E-state index is 0. The maximum absolute atomic E-state index is 5.79. The molecule has 88 valence electrons. The first kappa shape index (κ1) is 14.8. The summed E-state index contributed by atoms with van der Waals surface area (Å²) in [4.78, 5) is 0. The number of hydrogen-bond acceptors (Lipinski definition) is 2. The Kier molecular flexibility index (Phi) is 5.93. The molecule has 0 saturated carbocycles. The van der Waals surface area contributed by atoms with Gasteiger partial charge < -0.3 is 5.73 Å². The van der Waals surface area contributed by atoms with Crippen LogP contribution < -0.4 is 5.73 Å². The van der Waals surface area contributed by atoms with Crippen LogP contribution in [0.5, 0.6) is 0 Å². The Morgan fingerprint density at radius 3 is 2.31 bits per heavy atom. The number of nitrogens with zero attached hydrogens (tertiary/aromatic N) is 1. The van der Waals surface area contributed by atoms with Crippen LogP contribution in [-0.4, -0.2) is 10.2 Å². The lowest BCUT2D eigenvalue weighted by Crippen LogP contribution is -1.99. The summed E-state index contributed by atoms with van der Waals surface area (Å²) in [5.74, 6) is 0.238. The van der Waals surface area contributed by atoms with Crippen molar-refractivity contribution in [2.75, 3.05) is 5.73 Å². The summed E-state index contributed by atoms with van der Waals surface area (Å²) in [6.07, 6.45) is 1.72. The number of anilines is 1. The van der Waals surface area contributed by atoms with Crippen LogP contribution in [0.15, 0.2) is 36.5 Å². The number of nitrogen functional groups attached to an aromatic ring is 1. The third-order valence-electron chi connectivity index (χ3n) is 2.41. The molecular formula is C11H15Cl2N3. The standard InChI is InChI=1S/C11H13N3.2ClH/c1-8(9-5-3-2-4-6-9)11-10(12)7-13-14-11;;/h2-8H,12H2,1H3,(H,13,14);2*1H. The van der Waals surface area contributed by atoms with Crippen LogP contribution in [0, 0.1) is 0 Å². The first-order valence-electron chi connectivity index (χ1n) is 4.63. The normalized spacial score (nSPS) is 11.1. The molecule has 1 aromatic carbocycles. The summed E-state index contributed by atoms with van der Waals surface area (Å²) < 4.78 is 0. The minimum Gasteiger partial charge on any atom is -0.396 e. The molecule has 1 heterocycles. The van der Waals surface area contributed by atoms with E-state index in [9.17, 15) is 0 Å². The zero-order valence-corrected chi connectivity index (χ0v) is 10.5. The molecule has 0 aliphatic carbocycles. The summed E-state index contributed by atoms with van der Waals surface area (Å²) in [7, 11) is 0. The average Bonchev–Trinajstić information content (AvgIpc) is 2.65. The van der Waals surface area contributed by atoms with Crippen molar-refractivity contribution in [1.82, 2.24) is 10.2 Å². The van der Waals surface area contributed by atoms with Crippen molar-refractivity contribution in [3.63, 3.8) is 0 Å². The van der Waals surface area contributed by atoms with E-state index >= 15 is 0 Å². The molecule has 1 aromatic heterocycles. The lowest BCUT2D eigenvalue weighted by molar-refractivity contribution is 0.856. The van der Waals surface area contributed by atoms with Crippen molar-refractivity contribution >= 4 is 30.5 Å². The lowest BCUT2D eigenvalue weighted by atomic mass is 9.97. The number of halogens is 2. The van der Waals surface area contributed by atoms with Gasteiger partial charge in [-0.1, -0.05) is 37.3 Å². The Bertz CT molecular complexity index is 414. The van der Waals surface area contributed by atoms with Crippen LogP contribution in [-0.2, 0) is 0 Å². The first-order valence-corrected chi connectivity index (χ1v) is 4.63. The van der Waals surface area contributed by atoms with Crippen LogP contribution in [0.4, 0.5) is 5.69 Å². The largest absolute Gasteiger partial charge is 0.396 e. The Morgan fingerprint density at radius 2 is 1.81 bits per heavy atom. The van der Waals surface area contributed by atoms with E-state index in [-0.39, 0.29) is 30.7 Å². The number of hydrogen-bond donors (Lipinski definition) is 2. The highest BCUT2D eigenvalue weighted by Gasteiger charge is 2.13. The Hall–Kier alpha value is -1.19. The van der Waals surface area contributed by atoms with E-state index in [1.165, 1.54) is 5.56 Å². The smallest absolute Gasteiger partial charge is 0.0923 e. The fraction of sp³-hybridized carbons (Fsp3) is 0.182. The van der Waals surface area contributed by atoms with Crippen molar-refractivity contribution in [3.8, 4) is 0 Å². The van der Waals surface area contributed by atoms with Crippen molar-refractivity contribution < 1.29 is 0 Å². The SMILES string of the molecule is CC(c1ccccc1)c1n[nH]cc1N.Cl.Cl. The molecule has 2 aromatic rings. The number of aromatic nitrogens is 2. The zero-order valence-electron chi connectivity index (χ0n) is 8.88. The average molecular weight is 260 g/mol. The van der Waals surface area contributed by atoms with Gasteiger partial charge in [-0.25, -0.2) is 0 Å². The van der Waals surface area contributed by atoms with Gasteiger partial charge in [0.2, 0.25) is 0 Å². The third-order valence-corrected chi connectivity index (χ3v) is 2.41. The molecule has 0 spiro atoms. The molecular weight excluding hydrogens is 245 g/mol. The highest BCUT2D eigenvalue weighted by molar-refractivity contribution is 5.85. The molecule has 16 heavy (non-hydrogen) atoms. The summed E-state index contributed by atoms with van der Waals surface area (Å²) in [5, 5.41) is 6.92. The van der Waals surface area contributed by atoms with E-state index in [4.69, 9.17) is 5.73 Å². The van der Waals surface area contributed by atoms with E-state index in [1.54, 1.807) is 6.20 Å². The zero-order chi connectivity index (χ0) is 9.97. The van der Waals surface area contributed by atoms with Crippen LogP contribution in [0.3, 0.4) is 0 Å². The van der Waals surface area contributed by atoms with Crippen LogP contribution in [0.1, 0.15) is 24.1 Å². The van der Waals surface area contributed by atoms with Gasteiger partial charge in [-0.2, -0.15) is 5.10 Å². The van der Waals surface area contributed by atoms with Gasteiger partial charge in [-0.15, -0.1) is 24.8 Å². The summed E-state index contributed by atoms with van der Waals surface area (Å²) in [6.45, 7) is 2.10. The maximum atomic E-state index is 5.79. The van der Waals surface area contributed by atoms with Crippen molar-refractivity contribution in [1.29, 1.82) is 0 Å². The van der Waals surface area contributed by atoms with E-state index in [0.29, 0.717) is 0 Å². The van der Waals surface area contributed by atoms with Crippen LogP contribution in [0.2, 0.25) is 0 Å². The van der Waals surface area contributed by atoms with E-state index in [0.717, 1.165) is 11.4 Å². The molecule has 1 atom stereocenters. The van der Waals surface area contributed by atoms with E-state index in [2.05, 4.69) is 29.3 Å². The summed E-state index contributed by atoms with van der Waals surface area (Å²) in [6, 6.07) is 10.2. The van der Waals surface area contributed by atoms with E-state index < -0.39 is 0 Å². The summed E-state index contributed by atoms with van der Waals surface area (Å²) >= 11 is 0. The summed E-state index contributed by atoms with van der Waals surface area (Å²) in [5.41, 5.74) is 8.65. The molecule has 0 saturated heterocycles. The van der Waals surface area contributed by atoms with Crippen LogP contribution in [0.25, 0.3) is 0 Å². The van der Waals surface area contributed by atoms with Gasteiger partial charge in [-0.05, 0) is 5.56 Å². The quantitative estimate of drug-likeness (QED) is 0.872. The van der Waals surface area contributed by atoms with Gasteiger partial charge in [0.25, 0.3) is 0 Å². The predicted molar refractivity (Wildman–Crippen MR) is 71.5 cm³/mol. The fourth-order valence-electron chi connectivity index (χ4n) is 1.56. The van der Waals surface area contributed by atoms with Gasteiger partial charge >= 0.3 is 0 Å². The highest BCUT2D eigenvalue weighted by Crippen LogP contribution is 2.25. The van der Waals surface area contributed by atoms with Crippen molar-refractivity contribution in [3.05, 3.63) is 47.8 Å². The van der Waals surface area contributed by atoms with Crippen molar-refractivity contribution in [2.45, 2.75) is 12.8 Å². The number of benzene rings is 1. The van der Waals surface area contributed by atoms with Gasteiger partial charge in [0.15, 0.2) is 0 Å². The maximum Gasteiger partial charge on any atom is 0.0923 e. The third kappa shape index (κ3) is 2.90. The number of aromatic amines is 1. The molecule has 0 aliphatic heterocycles. The molecule has 0 amide bonds. The second-order valence-corrected chi connectivity index (χ2v) is 3.36. The number of rotatable bonds is 2. The predicted octanol–water partition coefficient (Wildman–Crippen LogP) is 2.99.